The number of allylic oxidation sites excluding steroid dienone is 1. The molecule has 1 aliphatic rings. The Hall–Kier alpha value is 0.140. The van der Waals surface area contributed by atoms with Gasteiger partial charge in [-0.2, -0.15) is 0 Å². The van der Waals surface area contributed by atoms with Crippen molar-refractivity contribution >= 4 is 23.5 Å². The molecule has 62 valence electrons. The molecule has 0 aromatic rings. The maximum Gasteiger partial charge on any atom is 0.132 e. The molecule has 1 nitrogen and oxygen atoms in total. The molecule has 1 unspecified atom stereocenters. The molecule has 3 heteroatoms. The normalized spacial score (nSPS) is 30.3. The second-order valence-electron chi connectivity index (χ2n) is 2.40. The highest BCUT2D eigenvalue weighted by Crippen LogP contribution is 2.32. The fraction of sp³-hybridized carbons (Fsp3) is 0.500. The highest BCUT2D eigenvalue weighted by Gasteiger charge is 2.22. The molecule has 0 spiro atoms. The Morgan fingerprint density at radius 1 is 1.55 bits per heavy atom. The van der Waals surface area contributed by atoms with Crippen molar-refractivity contribution in [3.63, 3.8) is 0 Å². The SMILES string of the molecule is CSC1=CCC(O)(SC)C=C1. The van der Waals surface area contributed by atoms with Gasteiger partial charge in [0, 0.05) is 11.3 Å². The van der Waals surface area contributed by atoms with E-state index in [1.165, 1.54) is 16.7 Å². The lowest BCUT2D eigenvalue weighted by Crippen LogP contribution is -2.21. The highest BCUT2D eigenvalue weighted by molar-refractivity contribution is 8.02. The summed E-state index contributed by atoms with van der Waals surface area (Å²) in [5, 5.41) is 9.72. The summed E-state index contributed by atoms with van der Waals surface area (Å²) in [6.07, 6.45) is 10.6. The van der Waals surface area contributed by atoms with Gasteiger partial charge in [0.2, 0.25) is 0 Å². The molecule has 0 fully saturated rings. The molecule has 0 aliphatic heterocycles. The third-order valence-electron chi connectivity index (χ3n) is 1.69. The van der Waals surface area contributed by atoms with Crippen LogP contribution in [0, 0.1) is 0 Å². The average Bonchev–Trinajstić information content (AvgIpc) is 2.06. The van der Waals surface area contributed by atoms with Crippen LogP contribution in [0.25, 0.3) is 0 Å². The van der Waals surface area contributed by atoms with Crippen LogP contribution in [0.4, 0.5) is 0 Å². The van der Waals surface area contributed by atoms with E-state index in [1.54, 1.807) is 11.8 Å². The summed E-state index contributed by atoms with van der Waals surface area (Å²) in [6, 6.07) is 0. The van der Waals surface area contributed by atoms with Crippen LogP contribution >= 0.6 is 23.5 Å². The molecule has 0 saturated carbocycles. The summed E-state index contributed by atoms with van der Waals surface area (Å²) in [6.45, 7) is 0. The first-order chi connectivity index (χ1) is 5.20. The molecule has 0 saturated heterocycles. The van der Waals surface area contributed by atoms with Gasteiger partial charge in [0.05, 0.1) is 0 Å². The molecule has 0 amide bonds. The third kappa shape index (κ3) is 2.29. The van der Waals surface area contributed by atoms with Crippen LogP contribution < -0.4 is 0 Å². The largest absolute Gasteiger partial charge is 0.376 e. The van der Waals surface area contributed by atoms with E-state index in [0.717, 1.165) is 6.42 Å². The summed E-state index contributed by atoms with van der Waals surface area (Å²) in [5.41, 5.74) is 0. The molecular weight excluding hydrogens is 176 g/mol. The zero-order chi connectivity index (χ0) is 8.32. The maximum atomic E-state index is 9.72. The Balaban J connectivity index is 2.63. The van der Waals surface area contributed by atoms with Crippen LogP contribution in [0.15, 0.2) is 23.1 Å². The quantitative estimate of drug-likeness (QED) is 0.671. The van der Waals surface area contributed by atoms with Gasteiger partial charge in [-0.1, -0.05) is 6.08 Å². The van der Waals surface area contributed by atoms with Crippen molar-refractivity contribution in [3.8, 4) is 0 Å². The van der Waals surface area contributed by atoms with E-state index in [1.807, 2.05) is 24.7 Å². The van der Waals surface area contributed by atoms with E-state index in [-0.39, 0.29) is 0 Å². The standard InChI is InChI=1S/C8H12OS2/c1-10-7-3-5-8(9,11-2)6-4-7/h3-5,9H,6H2,1-2H3. The Morgan fingerprint density at radius 2 is 2.27 bits per heavy atom. The zero-order valence-electron chi connectivity index (χ0n) is 6.70. The minimum atomic E-state index is -0.654. The summed E-state index contributed by atoms with van der Waals surface area (Å²) in [4.78, 5) is 0.586. The molecule has 0 heterocycles. The number of rotatable bonds is 2. The molecule has 11 heavy (non-hydrogen) atoms. The highest BCUT2D eigenvalue weighted by atomic mass is 32.2. The van der Waals surface area contributed by atoms with E-state index >= 15 is 0 Å². The van der Waals surface area contributed by atoms with Gasteiger partial charge in [0.15, 0.2) is 0 Å². The lowest BCUT2D eigenvalue weighted by molar-refractivity contribution is 0.190. The molecule has 0 radical (unpaired) electrons. The van der Waals surface area contributed by atoms with E-state index in [0.29, 0.717) is 0 Å². The van der Waals surface area contributed by atoms with Gasteiger partial charge in [-0.3, -0.25) is 0 Å². The Kier molecular flexibility index (Phi) is 3.10. The van der Waals surface area contributed by atoms with Crippen LogP contribution in [0.1, 0.15) is 6.42 Å². The van der Waals surface area contributed by atoms with Crippen LogP contribution in [0.5, 0.6) is 0 Å². The van der Waals surface area contributed by atoms with Crippen molar-refractivity contribution in [1.82, 2.24) is 0 Å². The maximum absolute atomic E-state index is 9.72. The fourth-order valence-electron chi connectivity index (χ4n) is 0.898. The second-order valence-corrected chi connectivity index (χ2v) is 4.39. The van der Waals surface area contributed by atoms with Crippen molar-refractivity contribution in [1.29, 1.82) is 0 Å². The molecule has 1 rings (SSSR count). The zero-order valence-corrected chi connectivity index (χ0v) is 8.34. The van der Waals surface area contributed by atoms with Gasteiger partial charge in [-0.05, 0) is 24.7 Å². The topological polar surface area (TPSA) is 20.2 Å². The van der Waals surface area contributed by atoms with E-state index in [4.69, 9.17) is 0 Å². The first kappa shape index (κ1) is 9.23. The molecule has 1 N–H and O–H groups in total. The fourth-order valence-corrected chi connectivity index (χ4v) is 1.81. The van der Waals surface area contributed by atoms with Crippen molar-refractivity contribution in [3.05, 3.63) is 23.1 Å². The van der Waals surface area contributed by atoms with Crippen LogP contribution in [-0.4, -0.2) is 22.6 Å². The number of hydrogen-bond donors (Lipinski definition) is 1. The molecular formula is C8H12OS2. The van der Waals surface area contributed by atoms with Crippen molar-refractivity contribution in [2.45, 2.75) is 11.4 Å². The Labute approximate surface area is 75.9 Å². The van der Waals surface area contributed by atoms with Gasteiger partial charge in [-0.25, -0.2) is 0 Å². The van der Waals surface area contributed by atoms with Gasteiger partial charge in [0.1, 0.15) is 4.93 Å². The van der Waals surface area contributed by atoms with Crippen LogP contribution in [0.3, 0.4) is 0 Å². The lowest BCUT2D eigenvalue weighted by atomic mass is 10.1. The van der Waals surface area contributed by atoms with Crippen LogP contribution in [-0.2, 0) is 0 Å². The van der Waals surface area contributed by atoms with Crippen molar-refractivity contribution in [2.75, 3.05) is 12.5 Å². The number of thioether (sulfide) groups is 2. The van der Waals surface area contributed by atoms with Crippen LogP contribution in [0.2, 0.25) is 0 Å². The Bertz CT molecular complexity index is 198. The molecule has 0 aromatic heterocycles. The van der Waals surface area contributed by atoms with Gasteiger partial charge in [-0.15, -0.1) is 23.5 Å². The van der Waals surface area contributed by atoms with E-state index in [2.05, 4.69) is 6.08 Å². The predicted octanol–water partition coefficient (Wildman–Crippen LogP) is 2.24. The first-order valence-corrected chi connectivity index (χ1v) is 5.86. The number of hydrogen-bond acceptors (Lipinski definition) is 3. The minimum absolute atomic E-state index is 0.654. The van der Waals surface area contributed by atoms with Gasteiger partial charge >= 0.3 is 0 Å². The minimum Gasteiger partial charge on any atom is -0.376 e. The first-order valence-electron chi connectivity index (χ1n) is 3.41. The summed E-state index contributed by atoms with van der Waals surface area (Å²) >= 11 is 3.19. The molecule has 1 aliphatic carbocycles. The van der Waals surface area contributed by atoms with Gasteiger partial charge in [0.25, 0.3) is 0 Å². The average molecular weight is 188 g/mol. The lowest BCUT2D eigenvalue weighted by Gasteiger charge is -2.23. The van der Waals surface area contributed by atoms with E-state index < -0.39 is 4.93 Å². The number of aliphatic hydroxyl groups is 1. The van der Waals surface area contributed by atoms with Crippen molar-refractivity contribution < 1.29 is 5.11 Å². The van der Waals surface area contributed by atoms with Gasteiger partial charge < -0.3 is 5.11 Å². The molecule has 1 atom stereocenters. The van der Waals surface area contributed by atoms with E-state index in [9.17, 15) is 5.11 Å². The second kappa shape index (κ2) is 3.70. The summed E-state index contributed by atoms with van der Waals surface area (Å²) in [7, 11) is 0. The van der Waals surface area contributed by atoms with Crippen molar-refractivity contribution in [2.24, 2.45) is 0 Å². The smallest absolute Gasteiger partial charge is 0.132 e. The Morgan fingerprint density at radius 3 is 2.64 bits per heavy atom. The monoisotopic (exact) mass is 188 g/mol. The predicted molar refractivity (Wildman–Crippen MR) is 53.8 cm³/mol. The molecule has 0 aromatic carbocycles. The summed E-state index contributed by atoms with van der Waals surface area (Å²) < 4.78 is 0. The molecule has 0 bridgehead atoms. The summed E-state index contributed by atoms with van der Waals surface area (Å²) in [5.74, 6) is 0. The third-order valence-corrected chi connectivity index (χ3v) is 3.48.